The van der Waals surface area contributed by atoms with Crippen LogP contribution in [0.3, 0.4) is 0 Å². The number of anilines is 1. The van der Waals surface area contributed by atoms with Gasteiger partial charge in [-0.2, -0.15) is 5.10 Å². The zero-order valence-corrected chi connectivity index (χ0v) is 18.6. The molecule has 2 aromatic carbocycles. The number of unbranched alkanes of at least 4 members (excludes halogenated alkanes) is 1. The predicted octanol–water partition coefficient (Wildman–Crippen LogP) is 5.99. The van der Waals surface area contributed by atoms with Crippen molar-refractivity contribution in [2.75, 3.05) is 25.0 Å². The summed E-state index contributed by atoms with van der Waals surface area (Å²) in [4.78, 5) is 15.3. The molecular formula is C23H26Cl2N4O. The van der Waals surface area contributed by atoms with Crippen molar-refractivity contribution in [2.45, 2.75) is 32.6 Å². The van der Waals surface area contributed by atoms with Gasteiger partial charge >= 0.3 is 0 Å². The summed E-state index contributed by atoms with van der Waals surface area (Å²) in [6.07, 6.45) is 4.19. The van der Waals surface area contributed by atoms with Crippen LogP contribution >= 0.6 is 23.2 Å². The van der Waals surface area contributed by atoms with Crippen LogP contribution in [0, 0.1) is 5.92 Å². The third-order valence-electron chi connectivity index (χ3n) is 5.84. The molecule has 4 rings (SSSR count). The molecule has 7 heteroatoms. The molecule has 0 radical (unpaired) electrons. The highest BCUT2D eigenvalue weighted by atomic mass is 35.5. The summed E-state index contributed by atoms with van der Waals surface area (Å²) in [5, 5.41) is 12.4. The minimum Gasteiger partial charge on any atom is -0.308 e. The number of benzene rings is 2. The summed E-state index contributed by atoms with van der Waals surface area (Å²) in [6.45, 7) is 5.30. The highest BCUT2D eigenvalue weighted by Gasteiger charge is 2.25. The van der Waals surface area contributed by atoms with Crippen LogP contribution in [0.5, 0.6) is 0 Å². The van der Waals surface area contributed by atoms with Crippen LogP contribution in [0.25, 0.3) is 22.0 Å². The van der Waals surface area contributed by atoms with Gasteiger partial charge in [0, 0.05) is 26.9 Å². The molecule has 3 aromatic rings. The van der Waals surface area contributed by atoms with Crippen LogP contribution < -0.4 is 5.32 Å². The Kier molecular flexibility index (Phi) is 6.61. The lowest BCUT2D eigenvalue weighted by molar-refractivity contribution is -0.121. The summed E-state index contributed by atoms with van der Waals surface area (Å²) in [5.74, 6) is 0.615. The predicted molar refractivity (Wildman–Crippen MR) is 124 cm³/mol. The second kappa shape index (κ2) is 9.38. The summed E-state index contributed by atoms with van der Waals surface area (Å²) in [5.41, 5.74) is 2.52. The molecule has 158 valence electrons. The number of rotatable bonds is 6. The number of nitrogens with zero attached hydrogens (tertiary/aromatic N) is 2. The van der Waals surface area contributed by atoms with Crippen molar-refractivity contribution in [1.29, 1.82) is 0 Å². The zero-order chi connectivity index (χ0) is 21.1. The first-order valence-electron chi connectivity index (χ1n) is 10.5. The fourth-order valence-electron chi connectivity index (χ4n) is 4.06. The van der Waals surface area contributed by atoms with E-state index >= 15 is 0 Å². The first kappa shape index (κ1) is 21.2. The Hall–Kier alpha value is -2.08. The second-order valence-corrected chi connectivity index (χ2v) is 8.70. The molecule has 2 heterocycles. The topological polar surface area (TPSA) is 61.0 Å². The lowest BCUT2D eigenvalue weighted by Crippen LogP contribution is -2.38. The minimum absolute atomic E-state index is 0.0239. The van der Waals surface area contributed by atoms with Crippen molar-refractivity contribution < 1.29 is 4.79 Å². The Morgan fingerprint density at radius 1 is 1.20 bits per heavy atom. The fraction of sp³-hybridized carbons (Fsp3) is 0.391. The van der Waals surface area contributed by atoms with E-state index in [0.717, 1.165) is 54.5 Å². The van der Waals surface area contributed by atoms with Gasteiger partial charge in [0.1, 0.15) is 0 Å². The number of piperidine rings is 1. The molecule has 0 saturated carbocycles. The molecule has 5 nitrogen and oxygen atoms in total. The molecule has 1 fully saturated rings. The number of amides is 1. The number of carbonyl (C=O) groups excluding carboxylic acids is 1. The molecular weight excluding hydrogens is 419 g/mol. The van der Waals surface area contributed by atoms with Crippen LogP contribution in [0.4, 0.5) is 5.82 Å². The summed E-state index contributed by atoms with van der Waals surface area (Å²) >= 11 is 12.8. The molecule has 1 saturated heterocycles. The van der Waals surface area contributed by atoms with Crippen molar-refractivity contribution in [3.63, 3.8) is 0 Å². The van der Waals surface area contributed by atoms with Crippen molar-refractivity contribution in [3.8, 4) is 11.1 Å². The zero-order valence-electron chi connectivity index (χ0n) is 17.0. The monoisotopic (exact) mass is 444 g/mol. The van der Waals surface area contributed by atoms with E-state index in [4.69, 9.17) is 23.2 Å². The maximum absolute atomic E-state index is 12.9. The summed E-state index contributed by atoms with van der Waals surface area (Å²) < 4.78 is 0. The van der Waals surface area contributed by atoms with E-state index in [9.17, 15) is 4.79 Å². The SMILES string of the molecule is CCCCN1CCC(C(=O)Nc2n[nH]c3ccc(-c4c(Cl)cccc4Cl)cc23)CC1. The van der Waals surface area contributed by atoms with Crippen molar-refractivity contribution in [3.05, 3.63) is 46.4 Å². The molecule has 2 N–H and O–H groups in total. The number of halogens is 2. The smallest absolute Gasteiger partial charge is 0.228 e. The number of hydrogen-bond donors (Lipinski definition) is 2. The maximum atomic E-state index is 12.9. The van der Waals surface area contributed by atoms with Gasteiger partial charge < -0.3 is 10.2 Å². The van der Waals surface area contributed by atoms with Gasteiger partial charge in [-0.05, 0) is 68.7 Å². The number of aromatic nitrogens is 2. The minimum atomic E-state index is 0.0239. The highest BCUT2D eigenvalue weighted by Crippen LogP contribution is 2.36. The van der Waals surface area contributed by atoms with Gasteiger partial charge in [-0.1, -0.05) is 48.7 Å². The molecule has 0 bridgehead atoms. The third-order valence-corrected chi connectivity index (χ3v) is 6.47. The highest BCUT2D eigenvalue weighted by molar-refractivity contribution is 6.39. The quantitative estimate of drug-likeness (QED) is 0.490. The normalized spacial score (nSPS) is 15.6. The Morgan fingerprint density at radius 3 is 2.63 bits per heavy atom. The molecule has 0 aliphatic carbocycles. The molecule has 1 aromatic heterocycles. The van der Waals surface area contributed by atoms with Gasteiger partial charge in [0.05, 0.1) is 5.52 Å². The van der Waals surface area contributed by atoms with E-state index in [1.807, 2.05) is 36.4 Å². The Balaban J connectivity index is 1.51. The van der Waals surface area contributed by atoms with Gasteiger partial charge in [0.25, 0.3) is 0 Å². The fourth-order valence-corrected chi connectivity index (χ4v) is 4.67. The number of aromatic amines is 1. The maximum Gasteiger partial charge on any atom is 0.228 e. The molecule has 0 atom stereocenters. The number of likely N-dealkylation sites (tertiary alicyclic amines) is 1. The average Bonchev–Trinajstić information content (AvgIpc) is 3.14. The van der Waals surface area contributed by atoms with Gasteiger partial charge in [-0.25, -0.2) is 0 Å². The third kappa shape index (κ3) is 4.48. The van der Waals surface area contributed by atoms with Gasteiger partial charge in [-0.15, -0.1) is 0 Å². The number of fused-ring (bicyclic) bond motifs is 1. The second-order valence-electron chi connectivity index (χ2n) is 7.89. The lowest BCUT2D eigenvalue weighted by atomic mass is 9.95. The molecule has 1 amide bonds. The number of hydrogen-bond acceptors (Lipinski definition) is 3. The molecule has 1 aliphatic heterocycles. The van der Waals surface area contributed by atoms with E-state index in [2.05, 4.69) is 27.3 Å². The Morgan fingerprint density at radius 2 is 1.93 bits per heavy atom. The molecule has 1 aliphatic rings. The number of nitrogens with one attached hydrogen (secondary N) is 2. The van der Waals surface area contributed by atoms with Gasteiger partial charge in [-0.3, -0.25) is 9.89 Å². The average molecular weight is 445 g/mol. The van der Waals surface area contributed by atoms with Crippen LogP contribution in [-0.4, -0.2) is 40.6 Å². The van der Waals surface area contributed by atoms with Crippen LogP contribution in [0.15, 0.2) is 36.4 Å². The lowest BCUT2D eigenvalue weighted by Gasteiger charge is -2.31. The summed E-state index contributed by atoms with van der Waals surface area (Å²) in [7, 11) is 0. The van der Waals surface area contributed by atoms with Crippen molar-refractivity contribution in [2.24, 2.45) is 5.92 Å². The standard InChI is InChI=1S/C23H26Cl2N4O/c1-2-3-11-29-12-9-15(10-13-29)23(30)26-22-17-14-16(7-8-20(17)27-28-22)21-18(24)5-4-6-19(21)25/h4-8,14-15H,2-3,9-13H2,1H3,(H2,26,27,28,30). The summed E-state index contributed by atoms with van der Waals surface area (Å²) in [6, 6.07) is 11.3. The van der Waals surface area contributed by atoms with E-state index < -0.39 is 0 Å². The Bertz CT molecular complexity index is 1020. The number of carbonyl (C=O) groups is 1. The Labute approximate surface area is 186 Å². The largest absolute Gasteiger partial charge is 0.308 e. The van der Waals surface area contributed by atoms with E-state index in [-0.39, 0.29) is 11.8 Å². The first-order chi connectivity index (χ1) is 14.6. The van der Waals surface area contributed by atoms with E-state index in [1.54, 1.807) is 0 Å². The van der Waals surface area contributed by atoms with Crippen LogP contribution in [-0.2, 0) is 4.79 Å². The molecule has 30 heavy (non-hydrogen) atoms. The first-order valence-corrected chi connectivity index (χ1v) is 11.3. The van der Waals surface area contributed by atoms with Crippen LogP contribution in [0.1, 0.15) is 32.6 Å². The van der Waals surface area contributed by atoms with Crippen LogP contribution in [0.2, 0.25) is 10.0 Å². The van der Waals surface area contributed by atoms with E-state index in [0.29, 0.717) is 15.9 Å². The van der Waals surface area contributed by atoms with E-state index in [1.165, 1.54) is 12.8 Å². The van der Waals surface area contributed by atoms with Gasteiger partial charge in [0.15, 0.2) is 5.82 Å². The molecule has 0 unspecified atom stereocenters. The van der Waals surface area contributed by atoms with Crippen molar-refractivity contribution >= 4 is 45.8 Å². The number of H-pyrrole nitrogens is 1. The van der Waals surface area contributed by atoms with Gasteiger partial charge in [0.2, 0.25) is 5.91 Å². The van der Waals surface area contributed by atoms with Crippen molar-refractivity contribution in [1.82, 2.24) is 15.1 Å². The molecule has 0 spiro atoms.